The Bertz CT molecular complexity index is 3610. The number of hydrogen-bond donors (Lipinski definition) is 8. The van der Waals surface area contributed by atoms with Crippen LogP contribution in [0.2, 0.25) is 0 Å². The number of rotatable bonds is 2. The fraction of sp³-hybridized carbons (Fsp3) is 0.600. The van der Waals surface area contributed by atoms with Crippen LogP contribution in [0.5, 0.6) is 46.0 Å². The Labute approximate surface area is 515 Å². The number of aliphatic hydroxyl groups is 2. The molecule has 8 fully saturated rings. The molecule has 16 aliphatic rings. The van der Waals surface area contributed by atoms with Crippen molar-refractivity contribution in [1.82, 2.24) is 21.3 Å². The van der Waals surface area contributed by atoms with E-state index in [4.69, 9.17) is 28.4 Å². The molecule has 0 amide bonds. The zero-order chi connectivity index (χ0) is 57.2. The molecule has 4 aromatic rings. The third-order valence-electron chi connectivity index (χ3n) is 24.4. The van der Waals surface area contributed by atoms with Crippen LogP contribution in [0.1, 0.15) is 151 Å². The third-order valence-corrected chi connectivity index (χ3v) is 24.4. The number of phenols is 2. The molecule has 8 N–H and O–H groups in total. The summed E-state index contributed by atoms with van der Waals surface area (Å²) in [4.78, 5) is 49.9. The first kappa shape index (κ1) is 60.6. The standard InChI is InChI=1S/C17H19NO4.C17H19NO3.C16H17NO4.C16H17NO3.4CH4/c1-21-11-3-2-9-8-12-17(20)5-4-10(19)15-16(17,6-7-18-12)13(9)14(11)22-15;1-20-13-5-2-9-8-11-10-3-4-12(19)16-17(10,6-7-18-11)14(9)15(13)21-16;18-9-2-1-8-7-11-16(20)4-3-10(19)14-15(16,5-6-17-11)12(8)13(9)21-14;18-11-3-1-8-7-10-9-2-4-12(19)15-16(9,5-6-17-10)13(8)14(11)20-15;;;;/h2-3,12,15,18,20H,4-8H2,1H3;2,5,10-11,16,18H,3-4,6-8H2,1H3;1-2,11,14,17-18,20H,3-7H2;1,3,9-10,15,17-18H,2,4-7H2;4*1H4. The van der Waals surface area contributed by atoms with Gasteiger partial charge in [-0.05, 0) is 162 Å². The van der Waals surface area contributed by atoms with E-state index in [1.165, 1.54) is 22.3 Å². The molecule has 4 saturated carbocycles. The van der Waals surface area contributed by atoms with E-state index in [1.54, 1.807) is 26.4 Å². The number of Topliss-reactive ketones (excluding diaryl/α,β-unsaturated/α-hetero) is 4. The van der Waals surface area contributed by atoms with E-state index in [0.29, 0.717) is 98.3 Å². The molecule has 8 heterocycles. The second kappa shape index (κ2) is 20.6. The van der Waals surface area contributed by atoms with Gasteiger partial charge in [0.25, 0.3) is 0 Å². The first-order valence-electron chi connectivity index (χ1n) is 30.9. The number of carbonyl (C=O) groups is 4. The highest BCUT2D eigenvalue weighted by Crippen LogP contribution is 2.67. The molecule has 18 nitrogen and oxygen atoms in total. The van der Waals surface area contributed by atoms with E-state index in [1.807, 2.05) is 24.3 Å². The van der Waals surface area contributed by atoms with Gasteiger partial charge in [0, 0.05) is 82.9 Å². The summed E-state index contributed by atoms with van der Waals surface area (Å²) in [5.41, 5.74) is 5.80. The molecule has 8 aliphatic heterocycles. The summed E-state index contributed by atoms with van der Waals surface area (Å²) >= 11 is 0. The number of aromatic hydroxyl groups is 2. The Hall–Kier alpha value is -6.28. The molecule has 4 saturated heterocycles. The first-order chi connectivity index (χ1) is 40.7. The normalized spacial score (nSPS) is 38.7. The van der Waals surface area contributed by atoms with Gasteiger partial charge in [-0.15, -0.1) is 0 Å². The molecule has 8 bridgehead atoms. The van der Waals surface area contributed by atoms with Crippen LogP contribution in [0.4, 0.5) is 0 Å². The number of phenolic OH excluding ortho intramolecular Hbond substituents is 2. The van der Waals surface area contributed by atoms with E-state index in [0.717, 1.165) is 111 Å². The van der Waals surface area contributed by atoms with Crippen molar-refractivity contribution >= 4 is 23.1 Å². The summed E-state index contributed by atoms with van der Waals surface area (Å²) in [7, 11) is 3.29. The predicted octanol–water partition coefficient (Wildman–Crippen LogP) is 6.53. The van der Waals surface area contributed by atoms with Gasteiger partial charge in [-0.25, -0.2) is 0 Å². The second-order valence-corrected chi connectivity index (χ2v) is 27.1. The summed E-state index contributed by atoms with van der Waals surface area (Å²) in [5.74, 6) is 5.88. The minimum atomic E-state index is -0.962. The van der Waals surface area contributed by atoms with Gasteiger partial charge in [0.2, 0.25) is 0 Å². The first-order valence-corrected chi connectivity index (χ1v) is 30.9. The zero-order valence-corrected chi connectivity index (χ0v) is 47.4. The Morgan fingerprint density at radius 3 is 1.27 bits per heavy atom. The number of ketones is 4. The number of piperidine rings is 4. The second-order valence-electron chi connectivity index (χ2n) is 27.1. The summed E-state index contributed by atoms with van der Waals surface area (Å²) in [6.45, 7) is 3.47. The van der Waals surface area contributed by atoms with Crippen molar-refractivity contribution in [2.45, 2.75) is 214 Å². The lowest BCUT2D eigenvalue weighted by molar-refractivity contribution is -0.166. The van der Waals surface area contributed by atoms with Crippen LogP contribution in [0.15, 0.2) is 48.5 Å². The Morgan fingerprint density at radius 2 is 0.795 bits per heavy atom. The van der Waals surface area contributed by atoms with Crippen LogP contribution < -0.4 is 49.7 Å². The maximum atomic E-state index is 12.6. The molecule has 8 aliphatic carbocycles. The summed E-state index contributed by atoms with van der Waals surface area (Å²) in [6.07, 6.45) is 9.88. The minimum Gasteiger partial charge on any atom is -0.504 e. The van der Waals surface area contributed by atoms with E-state index < -0.39 is 34.2 Å². The van der Waals surface area contributed by atoms with Gasteiger partial charge in [-0.2, -0.15) is 0 Å². The van der Waals surface area contributed by atoms with Crippen LogP contribution in [-0.2, 0) is 66.5 Å². The maximum absolute atomic E-state index is 12.6. The van der Waals surface area contributed by atoms with Crippen LogP contribution in [-0.4, -0.2) is 144 Å². The highest BCUT2D eigenvalue weighted by atomic mass is 16.5. The fourth-order valence-electron chi connectivity index (χ4n) is 21.2. The van der Waals surface area contributed by atoms with Crippen molar-refractivity contribution in [3.05, 3.63) is 93.0 Å². The molecule has 4 aromatic carbocycles. The lowest BCUT2D eigenvalue weighted by Crippen LogP contribution is -2.76. The van der Waals surface area contributed by atoms with Crippen LogP contribution in [0.25, 0.3) is 0 Å². The third kappa shape index (κ3) is 7.21. The van der Waals surface area contributed by atoms with E-state index in [9.17, 15) is 39.6 Å². The molecule has 4 spiro atoms. The molecule has 0 radical (unpaired) electrons. The Balaban J connectivity index is 0.000000107. The van der Waals surface area contributed by atoms with Gasteiger partial charge in [0.05, 0.1) is 36.3 Å². The van der Waals surface area contributed by atoms with Crippen LogP contribution in [0, 0.1) is 11.8 Å². The SMILES string of the molecule is C.C.C.C.COc1ccc2c3c1OC1C(=O)CCC4(O)C(C2)NCCC314.COc1ccc2c3c1OC1C(=O)CCC4C(C2)NCCC314.O=C1CCC2(O)C3Cc4ccc(O)c5c4C2(CCN3)C1O5.O=C1CCC2C3Cc4ccc(O)c5c4C2(CCN3)C1O5. The van der Waals surface area contributed by atoms with Crippen molar-refractivity contribution in [1.29, 1.82) is 0 Å². The van der Waals surface area contributed by atoms with Gasteiger partial charge in [0.15, 0.2) is 93.5 Å². The predicted molar refractivity (Wildman–Crippen MR) is 328 cm³/mol. The van der Waals surface area contributed by atoms with Gasteiger partial charge >= 0.3 is 0 Å². The largest absolute Gasteiger partial charge is 0.504 e. The van der Waals surface area contributed by atoms with E-state index >= 15 is 0 Å². The van der Waals surface area contributed by atoms with Crippen molar-refractivity contribution in [3.8, 4) is 46.0 Å². The molecular formula is C70H88N4O14. The zero-order valence-electron chi connectivity index (χ0n) is 47.4. The monoisotopic (exact) mass is 1210 g/mol. The average Bonchev–Trinajstić information content (AvgIpc) is 1.57. The summed E-state index contributed by atoms with van der Waals surface area (Å²) in [6, 6.07) is 16.3. The number of carbonyl (C=O) groups excluding carboxylic acids is 4. The van der Waals surface area contributed by atoms with Crippen LogP contribution >= 0.6 is 0 Å². The van der Waals surface area contributed by atoms with Gasteiger partial charge in [-0.3, -0.25) is 19.2 Å². The maximum Gasteiger partial charge on any atom is 0.174 e. The minimum absolute atomic E-state index is 0. The van der Waals surface area contributed by atoms with Crippen molar-refractivity contribution in [3.63, 3.8) is 0 Å². The molecule has 16 atom stereocenters. The smallest absolute Gasteiger partial charge is 0.174 e. The van der Waals surface area contributed by atoms with Gasteiger partial charge in [-0.1, -0.05) is 54.0 Å². The van der Waals surface area contributed by atoms with Crippen molar-refractivity contribution < 1.29 is 68.0 Å². The molecular weight excluding hydrogens is 1120 g/mol. The molecule has 20 rings (SSSR count). The fourth-order valence-corrected chi connectivity index (χ4v) is 21.2. The molecule has 0 aromatic heterocycles. The Morgan fingerprint density at radius 1 is 0.432 bits per heavy atom. The van der Waals surface area contributed by atoms with Crippen molar-refractivity contribution in [2.75, 3.05) is 40.4 Å². The number of benzene rings is 4. The van der Waals surface area contributed by atoms with E-state index in [2.05, 4.69) is 33.4 Å². The highest BCUT2D eigenvalue weighted by Gasteiger charge is 2.74. The molecule has 472 valence electrons. The van der Waals surface area contributed by atoms with E-state index in [-0.39, 0.29) is 99.5 Å². The molecule has 18 heteroatoms. The molecule has 16 unspecified atom stereocenters. The van der Waals surface area contributed by atoms with Crippen molar-refractivity contribution in [2.24, 2.45) is 11.8 Å². The summed E-state index contributed by atoms with van der Waals surface area (Å²) in [5, 5.41) is 57.5. The lowest BCUT2D eigenvalue weighted by atomic mass is 9.49. The topological polar surface area (TPSA) is 253 Å². The number of methoxy groups -OCH3 is 2. The average molecular weight is 1210 g/mol. The number of hydrogen-bond acceptors (Lipinski definition) is 18. The highest BCUT2D eigenvalue weighted by molar-refractivity contribution is 5.92. The lowest BCUT2D eigenvalue weighted by Gasteiger charge is -2.59. The van der Waals surface area contributed by atoms with Crippen LogP contribution in [0.3, 0.4) is 0 Å². The molecule has 88 heavy (non-hydrogen) atoms. The van der Waals surface area contributed by atoms with Gasteiger partial charge in [0.1, 0.15) is 0 Å². The Kier molecular flexibility index (Phi) is 14.2. The van der Waals surface area contributed by atoms with Gasteiger partial charge < -0.3 is 70.1 Å². The summed E-state index contributed by atoms with van der Waals surface area (Å²) < 4.78 is 35.2. The quantitative estimate of drug-likeness (QED) is 0.106. The number of nitrogens with one attached hydrogen (secondary N) is 4. The number of ether oxygens (including phenoxy) is 6.